The molecule has 0 heterocycles. The number of ether oxygens (including phenoxy) is 1. The van der Waals surface area contributed by atoms with Gasteiger partial charge in [-0.15, -0.1) is 0 Å². The van der Waals surface area contributed by atoms with E-state index < -0.39 is 16.9 Å². The van der Waals surface area contributed by atoms with Crippen LogP contribution < -0.4 is 10.2 Å². The van der Waals surface area contributed by atoms with Crippen molar-refractivity contribution in [2.75, 3.05) is 0 Å². The Kier molecular flexibility index (Phi) is 5.50. The van der Waals surface area contributed by atoms with Gasteiger partial charge in [0.25, 0.3) is 11.6 Å². The van der Waals surface area contributed by atoms with E-state index in [4.69, 9.17) is 4.74 Å². The van der Waals surface area contributed by atoms with Crippen LogP contribution in [-0.4, -0.2) is 28.3 Å². The van der Waals surface area contributed by atoms with Gasteiger partial charge in [0.05, 0.1) is 11.1 Å². The number of fused-ring (bicyclic) bond motifs is 1. The molecule has 0 spiro atoms. The summed E-state index contributed by atoms with van der Waals surface area (Å²) in [4.78, 5) is 22.4. The Labute approximate surface area is 160 Å². The summed E-state index contributed by atoms with van der Waals surface area (Å²) in [5, 5.41) is 26.1. The first-order chi connectivity index (χ1) is 13.5. The maximum Gasteiger partial charge on any atom is 0.280 e. The zero-order valence-corrected chi connectivity index (χ0v) is 14.9. The summed E-state index contributed by atoms with van der Waals surface area (Å²) in [6.07, 6.45) is 0.298. The van der Waals surface area contributed by atoms with Crippen LogP contribution in [0.15, 0.2) is 65.8 Å². The summed E-state index contributed by atoms with van der Waals surface area (Å²) in [6.45, 7) is 1.58. The molecule has 0 saturated heterocycles. The molecule has 1 atom stereocenters. The molecule has 1 amide bonds. The second kappa shape index (κ2) is 8.17. The van der Waals surface area contributed by atoms with Crippen molar-refractivity contribution in [3.63, 3.8) is 0 Å². The molecule has 28 heavy (non-hydrogen) atoms. The number of carbonyl (C=O) groups is 1. The Balaban J connectivity index is 1.67. The van der Waals surface area contributed by atoms with Crippen molar-refractivity contribution in [2.24, 2.45) is 5.10 Å². The number of aromatic hydroxyl groups is 1. The van der Waals surface area contributed by atoms with Crippen LogP contribution in [0.1, 0.15) is 12.5 Å². The Morgan fingerprint density at radius 2 is 1.96 bits per heavy atom. The number of phenols is 1. The van der Waals surface area contributed by atoms with Gasteiger partial charge in [0.15, 0.2) is 6.10 Å². The second-order valence-electron chi connectivity index (χ2n) is 5.97. The minimum Gasteiger partial charge on any atom is -0.507 e. The van der Waals surface area contributed by atoms with Crippen LogP contribution in [0.2, 0.25) is 0 Å². The average molecular weight is 379 g/mol. The predicted octanol–water partition coefficient (Wildman–Crippen LogP) is 3.37. The van der Waals surface area contributed by atoms with Gasteiger partial charge in [0, 0.05) is 23.1 Å². The maximum atomic E-state index is 12.2. The van der Waals surface area contributed by atoms with E-state index in [1.807, 2.05) is 36.4 Å². The number of nitrogens with one attached hydrogen (secondary N) is 1. The molecular formula is C20H17N3O5. The van der Waals surface area contributed by atoms with Gasteiger partial charge in [-0.25, -0.2) is 5.43 Å². The molecule has 0 radical (unpaired) electrons. The maximum absolute atomic E-state index is 12.2. The molecule has 3 aromatic rings. The number of amides is 1. The highest BCUT2D eigenvalue weighted by Gasteiger charge is 2.15. The highest BCUT2D eigenvalue weighted by atomic mass is 16.6. The van der Waals surface area contributed by atoms with Gasteiger partial charge in [-0.1, -0.05) is 36.4 Å². The molecule has 2 N–H and O–H groups in total. The van der Waals surface area contributed by atoms with Crippen LogP contribution in [0, 0.1) is 10.1 Å². The zero-order chi connectivity index (χ0) is 20.1. The SMILES string of the molecule is C[C@@H](Oc1cccc2ccccc12)C(=O)N/N=C\c1cc([N+](=O)[O-])ccc1O. The first-order valence-corrected chi connectivity index (χ1v) is 8.40. The molecule has 0 aliphatic carbocycles. The number of nitro benzene ring substituents is 1. The fourth-order valence-electron chi connectivity index (χ4n) is 2.56. The number of hydrazone groups is 1. The zero-order valence-electron chi connectivity index (χ0n) is 14.9. The van der Waals surface area contributed by atoms with E-state index in [-0.39, 0.29) is 17.0 Å². The van der Waals surface area contributed by atoms with E-state index >= 15 is 0 Å². The van der Waals surface area contributed by atoms with E-state index in [2.05, 4.69) is 10.5 Å². The summed E-state index contributed by atoms with van der Waals surface area (Å²) in [5.74, 6) is -0.126. The number of carbonyl (C=O) groups excluding carboxylic acids is 1. The number of nitrogens with zero attached hydrogens (tertiary/aromatic N) is 2. The molecule has 8 heteroatoms. The Bertz CT molecular complexity index is 1060. The molecular weight excluding hydrogens is 362 g/mol. The number of nitro groups is 1. The van der Waals surface area contributed by atoms with Crippen LogP contribution >= 0.6 is 0 Å². The molecule has 8 nitrogen and oxygen atoms in total. The van der Waals surface area contributed by atoms with E-state index in [1.54, 1.807) is 13.0 Å². The molecule has 0 aromatic heterocycles. The number of phenolic OH excluding ortho intramolecular Hbond substituents is 1. The monoisotopic (exact) mass is 379 g/mol. The minimum atomic E-state index is -0.832. The molecule has 3 aromatic carbocycles. The van der Waals surface area contributed by atoms with Crippen LogP contribution in [0.5, 0.6) is 11.5 Å². The molecule has 3 rings (SSSR count). The fourth-order valence-corrected chi connectivity index (χ4v) is 2.56. The molecule has 0 aliphatic rings. The number of benzene rings is 3. The smallest absolute Gasteiger partial charge is 0.280 e. The topological polar surface area (TPSA) is 114 Å². The average Bonchev–Trinajstić information content (AvgIpc) is 2.69. The lowest BCUT2D eigenvalue weighted by molar-refractivity contribution is -0.384. The normalized spacial score (nSPS) is 12.0. The second-order valence-corrected chi connectivity index (χ2v) is 5.97. The number of non-ortho nitro benzene ring substituents is 1. The first-order valence-electron chi connectivity index (χ1n) is 8.40. The largest absolute Gasteiger partial charge is 0.507 e. The van der Waals surface area contributed by atoms with Crippen molar-refractivity contribution in [1.29, 1.82) is 0 Å². The van der Waals surface area contributed by atoms with Gasteiger partial charge in [0.2, 0.25) is 0 Å². The van der Waals surface area contributed by atoms with E-state index in [0.29, 0.717) is 5.75 Å². The van der Waals surface area contributed by atoms with E-state index in [0.717, 1.165) is 23.1 Å². The molecule has 142 valence electrons. The third kappa shape index (κ3) is 4.24. The van der Waals surface area contributed by atoms with Gasteiger partial charge < -0.3 is 9.84 Å². The standard InChI is InChI=1S/C20H17N3O5/c1-13(28-19-8-4-6-14-5-2-3-7-17(14)19)20(25)22-21-12-15-11-16(23(26)27)9-10-18(15)24/h2-13,24H,1H3,(H,22,25)/b21-12-/t13-/m1/s1. The Morgan fingerprint density at radius 3 is 2.75 bits per heavy atom. The third-order valence-corrected chi connectivity index (χ3v) is 4.02. The summed E-state index contributed by atoms with van der Waals surface area (Å²) in [7, 11) is 0. The highest BCUT2D eigenvalue weighted by molar-refractivity contribution is 5.89. The van der Waals surface area contributed by atoms with Crippen molar-refractivity contribution in [3.8, 4) is 11.5 Å². The van der Waals surface area contributed by atoms with E-state index in [1.165, 1.54) is 12.1 Å². The van der Waals surface area contributed by atoms with Gasteiger partial charge in [0.1, 0.15) is 11.5 Å². The van der Waals surface area contributed by atoms with Gasteiger partial charge in [-0.2, -0.15) is 5.10 Å². The lowest BCUT2D eigenvalue weighted by Gasteiger charge is -2.14. The molecule has 0 aliphatic heterocycles. The third-order valence-electron chi connectivity index (χ3n) is 4.02. The van der Waals surface area contributed by atoms with Gasteiger partial charge in [-0.05, 0) is 24.4 Å². The summed E-state index contributed by atoms with van der Waals surface area (Å²) >= 11 is 0. The van der Waals surface area contributed by atoms with Crippen LogP contribution in [0.4, 0.5) is 5.69 Å². The fraction of sp³-hybridized carbons (Fsp3) is 0.100. The van der Waals surface area contributed by atoms with Crippen molar-refractivity contribution < 1.29 is 19.6 Å². The molecule has 0 unspecified atom stereocenters. The lowest BCUT2D eigenvalue weighted by Crippen LogP contribution is -2.33. The first kappa shape index (κ1) is 18.8. The van der Waals surface area contributed by atoms with Gasteiger partial charge >= 0.3 is 0 Å². The Hall–Kier alpha value is -3.94. The van der Waals surface area contributed by atoms with Crippen molar-refractivity contribution in [1.82, 2.24) is 5.43 Å². The quantitative estimate of drug-likeness (QED) is 0.387. The highest BCUT2D eigenvalue weighted by Crippen LogP contribution is 2.26. The van der Waals surface area contributed by atoms with Crippen LogP contribution in [-0.2, 0) is 4.79 Å². The van der Waals surface area contributed by atoms with Crippen molar-refractivity contribution >= 4 is 28.6 Å². The van der Waals surface area contributed by atoms with Gasteiger partial charge in [-0.3, -0.25) is 14.9 Å². The summed E-state index contributed by atoms with van der Waals surface area (Å²) < 4.78 is 5.74. The number of rotatable bonds is 6. The van der Waals surface area contributed by atoms with Crippen LogP contribution in [0.3, 0.4) is 0 Å². The summed E-state index contributed by atoms with van der Waals surface area (Å²) in [6, 6.07) is 16.7. The molecule has 0 fully saturated rings. The summed E-state index contributed by atoms with van der Waals surface area (Å²) in [5.41, 5.74) is 2.21. The minimum absolute atomic E-state index is 0.108. The lowest BCUT2D eigenvalue weighted by atomic mass is 10.1. The number of hydrogen-bond donors (Lipinski definition) is 2. The predicted molar refractivity (Wildman–Crippen MR) is 105 cm³/mol. The number of hydrogen-bond acceptors (Lipinski definition) is 6. The Morgan fingerprint density at radius 1 is 1.21 bits per heavy atom. The van der Waals surface area contributed by atoms with Crippen molar-refractivity contribution in [2.45, 2.75) is 13.0 Å². The van der Waals surface area contributed by atoms with Crippen molar-refractivity contribution in [3.05, 3.63) is 76.3 Å². The molecule has 0 saturated carbocycles. The van der Waals surface area contributed by atoms with Crippen LogP contribution in [0.25, 0.3) is 10.8 Å². The van der Waals surface area contributed by atoms with E-state index in [9.17, 15) is 20.0 Å². The molecule has 0 bridgehead atoms.